The van der Waals surface area contributed by atoms with Crippen molar-refractivity contribution >= 4 is 17.3 Å². The molecular weight excluding hydrogens is 315 g/mol. The van der Waals surface area contributed by atoms with Crippen LogP contribution in [0.25, 0.3) is 0 Å². The first kappa shape index (κ1) is 16.7. The molecule has 0 saturated heterocycles. The number of nitrogens with zero attached hydrogens (tertiary/aromatic N) is 3. The van der Waals surface area contributed by atoms with Crippen LogP contribution in [0, 0.1) is 0 Å². The third-order valence-electron chi connectivity index (χ3n) is 2.75. The maximum atomic E-state index is 12.7. The van der Waals surface area contributed by atoms with Crippen LogP contribution in [0.15, 0.2) is 33.9 Å². The standard InChI is InChI=1S/C13H14F3N5O2/c1-22-6-5-18-12-10(20-23-21-12)11(17)19-9-4-2-3-8(7-9)13(14,15)16/h2-4,7H,5-6H2,1H3,(H2,17,19)(H,18,21). The number of aliphatic imine (C=N–C) groups is 1. The molecule has 0 saturated carbocycles. The second-order valence-corrected chi connectivity index (χ2v) is 4.43. The van der Waals surface area contributed by atoms with Crippen molar-refractivity contribution in [2.24, 2.45) is 10.7 Å². The molecule has 0 atom stereocenters. The molecule has 0 aliphatic heterocycles. The van der Waals surface area contributed by atoms with E-state index in [2.05, 4.69) is 25.3 Å². The number of anilines is 1. The fourth-order valence-corrected chi connectivity index (χ4v) is 1.69. The van der Waals surface area contributed by atoms with Crippen molar-refractivity contribution in [3.8, 4) is 0 Å². The number of aromatic nitrogens is 2. The molecule has 0 aliphatic rings. The second-order valence-electron chi connectivity index (χ2n) is 4.43. The number of ether oxygens (including phenoxy) is 1. The van der Waals surface area contributed by atoms with E-state index in [1.807, 2.05) is 0 Å². The molecule has 7 nitrogen and oxygen atoms in total. The van der Waals surface area contributed by atoms with Crippen LogP contribution < -0.4 is 11.1 Å². The van der Waals surface area contributed by atoms with Crippen molar-refractivity contribution in [3.63, 3.8) is 0 Å². The van der Waals surface area contributed by atoms with Crippen molar-refractivity contribution in [2.75, 3.05) is 25.6 Å². The predicted octanol–water partition coefficient (Wildman–Crippen LogP) is 2.18. The average molecular weight is 329 g/mol. The van der Waals surface area contributed by atoms with Crippen LogP contribution in [0.1, 0.15) is 11.3 Å². The van der Waals surface area contributed by atoms with Crippen molar-refractivity contribution in [1.29, 1.82) is 0 Å². The number of halogens is 3. The van der Waals surface area contributed by atoms with E-state index in [0.717, 1.165) is 12.1 Å². The zero-order valence-electron chi connectivity index (χ0n) is 12.1. The highest BCUT2D eigenvalue weighted by Crippen LogP contribution is 2.31. The van der Waals surface area contributed by atoms with E-state index in [0.29, 0.717) is 13.2 Å². The van der Waals surface area contributed by atoms with Gasteiger partial charge in [0.15, 0.2) is 11.5 Å². The lowest BCUT2D eigenvalue weighted by Crippen LogP contribution is -2.17. The van der Waals surface area contributed by atoms with Crippen LogP contribution >= 0.6 is 0 Å². The molecule has 23 heavy (non-hydrogen) atoms. The fraction of sp³-hybridized carbons (Fsp3) is 0.308. The minimum absolute atomic E-state index is 0.0446. The van der Waals surface area contributed by atoms with Gasteiger partial charge in [0, 0.05) is 13.7 Å². The number of amidine groups is 1. The lowest BCUT2D eigenvalue weighted by molar-refractivity contribution is -0.137. The number of benzene rings is 1. The number of nitrogens with two attached hydrogens (primary N) is 1. The van der Waals surface area contributed by atoms with Gasteiger partial charge in [-0.1, -0.05) is 6.07 Å². The number of hydrogen-bond acceptors (Lipinski definition) is 6. The summed E-state index contributed by atoms with van der Waals surface area (Å²) in [5, 5.41) is 10.1. The SMILES string of the molecule is COCCNc1nonc1C(N)=Nc1cccc(C(F)(F)F)c1. The Labute approximate surface area is 129 Å². The number of methoxy groups -OCH3 is 1. The summed E-state index contributed by atoms with van der Waals surface area (Å²) in [4.78, 5) is 3.93. The van der Waals surface area contributed by atoms with E-state index in [1.165, 1.54) is 19.2 Å². The average Bonchev–Trinajstić information content (AvgIpc) is 2.95. The van der Waals surface area contributed by atoms with Gasteiger partial charge in [-0.3, -0.25) is 0 Å². The van der Waals surface area contributed by atoms with Gasteiger partial charge in [-0.25, -0.2) is 9.62 Å². The molecule has 0 radical (unpaired) electrons. The van der Waals surface area contributed by atoms with Gasteiger partial charge in [0.05, 0.1) is 17.9 Å². The molecule has 1 heterocycles. The summed E-state index contributed by atoms with van der Waals surface area (Å²) in [6.45, 7) is 0.839. The van der Waals surface area contributed by atoms with Crippen LogP contribution in [0.2, 0.25) is 0 Å². The number of nitrogens with one attached hydrogen (secondary N) is 1. The minimum Gasteiger partial charge on any atom is -0.383 e. The largest absolute Gasteiger partial charge is 0.416 e. The molecule has 3 N–H and O–H groups in total. The first-order chi connectivity index (χ1) is 10.9. The maximum Gasteiger partial charge on any atom is 0.416 e. The van der Waals surface area contributed by atoms with E-state index < -0.39 is 11.7 Å². The molecule has 0 amide bonds. The molecule has 2 aromatic rings. The molecule has 0 unspecified atom stereocenters. The minimum atomic E-state index is -4.46. The van der Waals surface area contributed by atoms with Crippen molar-refractivity contribution in [3.05, 3.63) is 35.5 Å². The molecule has 124 valence electrons. The topological polar surface area (TPSA) is 98.6 Å². The lowest BCUT2D eigenvalue weighted by Gasteiger charge is -2.07. The van der Waals surface area contributed by atoms with Crippen molar-refractivity contribution in [2.45, 2.75) is 6.18 Å². The molecule has 1 aromatic carbocycles. The summed E-state index contributed by atoms with van der Waals surface area (Å²) < 4.78 is 47.5. The van der Waals surface area contributed by atoms with Gasteiger partial charge in [-0.05, 0) is 28.5 Å². The summed E-state index contributed by atoms with van der Waals surface area (Å²) >= 11 is 0. The van der Waals surface area contributed by atoms with Crippen LogP contribution in [0.3, 0.4) is 0 Å². The van der Waals surface area contributed by atoms with Gasteiger partial charge < -0.3 is 15.8 Å². The van der Waals surface area contributed by atoms with Gasteiger partial charge in [-0.2, -0.15) is 13.2 Å². The summed E-state index contributed by atoms with van der Waals surface area (Å²) in [5.41, 5.74) is 5.11. The van der Waals surface area contributed by atoms with Gasteiger partial charge >= 0.3 is 6.18 Å². The Morgan fingerprint density at radius 1 is 1.39 bits per heavy atom. The Hall–Kier alpha value is -2.62. The molecule has 0 fully saturated rings. The first-order valence-corrected chi connectivity index (χ1v) is 6.49. The number of hydrogen-bond donors (Lipinski definition) is 2. The molecule has 0 bridgehead atoms. The highest BCUT2D eigenvalue weighted by atomic mass is 19.4. The van der Waals surface area contributed by atoms with Crippen molar-refractivity contribution in [1.82, 2.24) is 10.3 Å². The summed E-state index contributed by atoms with van der Waals surface area (Å²) in [5.74, 6) is 0.112. The second kappa shape index (κ2) is 7.09. The Kier molecular flexibility index (Phi) is 5.16. The smallest absolute Gasteiger partial charge is 0.383 e. The zero-order valence-corrected chi connectivity index (χ0v) is 12.1. The Morgan fingerprint density at radius 2 is 2.17 bits per heavy atom. The van der Waals surface area contributed by atoms with Crippen LogP contribution in [0.5, 0.6) is 0 Å². The third-order valence-corrected chi connectivity index (χ3v) is 2.75. The quantitative estimate of drug-likeness (QED) is 0.479. The van der Waals surface area contributed by atoms with E-state index >= 15 is 0 Å². The Morgan fingerprint density at radius 3 is 2.87 bits per heavy atom. The van der Waals surface area contributed by atoms with Crippen LogP contribution in [0.4, 0.5) is 24.7 Å². The summed E-state index contributed by atoms with van der Waals surface area (Å²) in [7, 11) is 1.53. The maximum absolute atomic E-state index is 12.7. The molecule has 10 heteroatoms. The van der Waals surface area contributed by atoms with E-state index in [4.69, 9.17) is 10.5 Å². The number of alkyl halides is 3. The summed E-state index contributed by atoms with van der Waals surface area (Å²) in [6.07, 6.45) is -4.46. The molecule has 1 aromatic heterocycles. The van der Waals surface area contributed by atoms with E-state index in [9.17, 15) is 13.2 Å². The Balaban J connectivity index is 2.22. The monoisotopic (exact) mass is 329 g/mol. The van der Waals surface area contributed by atoms with Gasteiger partial charge in [-0.15, -0.1) is 0 Å². The zero-order chi connectivity index (χ0) is 16.9. The lowest BCUT2D eigenvalue weighted by atomic mass is 10.2. The van der Waals surface area contributed by atoms with Gasteiger partial charge in [0.1, 0.15) is 0 Å². The molecule has 2 rings (SSSR count). The third kappa shape index (κ3) is 4.42. The van der Waals surface area contributed by atoms with Crippen LogP contribution in [-0.2, 0) is 10.9 Å². The van der Waals surface area contributed by atoms with E-state index in [1.54, 1.807) is 0 Å². The Bertz CT molecular complexity index is 684. The normalized spacial score (nSPS) is 12.4. The molecular formula is C13H14F3N5O2. The molecule has 0 spiro atoms. The number of rotatable bonds is 6. The fourth-order valence-electron chi connectivity index (χ4n) is 1.69. The van der Waals surface area contributed by atoms with Gasteiger partial charge in [0.2, 0.25) is 5.82 Å². The van der Waals surface area contributed by atoms with Gasteiger partial charge in [0.25, 0.3) is 0 Å². The predicted molar refractivity (Wildman–Crippen MR) is 76.5 cm³/mol. The highest BCUT2D eigenvalue weighted by Gasteiger charge is 2.30. The first-order valence-electron chi connectivity index (χ1n) is 6.49. The highest BCUT2D eigenvalue weighted by molar-refractivity contribution is 6.00. The van der Waals surface area contributed by atoms with Crippen molar-refractivity contribution < 1.29 is 22.5 Å². The van der Waals surface area contributed by atoms with E-state index in [-0.39, 0.29) is 23.0 Å². The summed E-state index contributed by atoms with van der Waals surface area (Å²) in [6, 6.07) is 4.48. The molecule has 0 aliphatic carbocycles. The van der Waals surface area contributed by atoms with Crippen LogP contribution in [-0.4, -0.2) is 36.4 Å².